The van der Waals surface area contributed by atoms with Crippen LogP contribution in [-0.4, -0.2) is 6.18 Å². The summed E-state index contributed by atoms with van der Waals surface area (Å²) in [6.07, 6.45) is 2.87. The number of hydrogen-bond acceptors (Lipinski definition) is 0. The second kappa shape index (κ2) is 5.62. The molecule has 0 aliphatic heterocycles. The van der Waals surface area contributed by atoms with Gasteiger partial charge in [-0.15, -0.1) is 0 Å². The minimum Gasteiger partial charge on any atom is -0.171 e. The number of hydrogen-bond donors (Lipinski definition) is 0. The Labute approximate surface area is 103 Å². The molecule has 0 spiro atoms. The number of rotatable bonds is 4. The quantitative estimate of drug-likeness (QED) is 0.611. The zero-order chi connectivity index (χ0) is 13.1. The highest BCUT2D eigenvalue weighted by Gasteiger charge is 2.46. The molecule has 0 saturated heterocycles. The number of halogens is 3. The Morgan fingerprint density at radius 1 is 0.941 bits per heavy atom. The molecular formula is C14H25F3. The van der Waals surface area contributed by atoms with E-state index >= 15 is 0 Å². The van der Waals surface area contributed by atoms with Gasteiger partial charge in [0.1, 0.15) is 0 Å². The summed E-state index contributed by atoms with van der Waals surface area (Å²) >= 11 is 0. The largest absolute Gasteiger partial charge is 0.393 e. The van der Waals surface area contributed by atoms with Crippen LogP contribution in [0.4, 0.5) is 13.2 Å². The third-order valence-corrected chi connectivity index (χ3v) is 4.49. The van der Waals surface area contributed by atoms with Crippen LogP contribution in [0.3, 0.4) is 0 Å². The lowest BCUT2D eigenvalue weighted by Crippen LogP contribution is -2.32. The average Bonchev–Trinajstić information content (AvgIpc) is 2.25. The van der Waals surface area contributed by atoms with Crippen molar-refractivity contribution in [2.75, 3.05) is 0 Å². The highest BCUT2D eigenvalue weighted by atomic mass is 19.4. The molecule has 0 amide bonds. The first-order valence-electron chi connectivity index (χ1n) is 6.83. The Hall–Kier alpha value is -0.210. The van der Waals surface area contributed by atoms with Crippen molar-refractivity contribution in [2.45, 2.75) is 71.9 Å². The summed E-state index contributed by atoms with van der Waals surface area (Å²) in [6, 6.07) is 0. The van der Waals surface area contributed by atoms with Crippen LogP contribution in [0.15, 0.2) is 0 Å². The highest BCUT2D eigenvalue weighted by Crippen LogP contribution is 2.43. The normalized spacial score (nSPS) is 27.2. The van der Waals surface area contributed by atoms with E-state index < -0.39 is 11.6 Å². The molecule has 0 radical (unpaired) electrons. The fourth-order valence-corrected chi connectivity index (χ4v) is 2.64. The van der Waals surface area contributed by atoms with E-state index in [9.17, 15) is 13.2 Å². The van der Waals surface area contributed by atoms with Gasteiger partial charge >= 0.3 is 6.18 Å². The molecule has 3 heteroatoms. The molecule has 1 aliphatic carbocycles. The molecule has 0 heterocycles. The molecule has 17 heavy (non-hydrogen) atoms. The average molecular weight is 250 g/mol. The van der Waals surface area contributed by atoms with Crippen LogP contribution in [0.2, 0.25) is 0 Å². The van der Waals surface area contributed by atoms with Gasteiger partial charge in [0.15, 0.2) is 0 Å². The van der Waals surface area contributed by atoms with Gasteiger partial charge < -0.3 is 0 Å². The van der Waals surface area contributed by atoms with Gasteiger partial charge in [-0.1, -0.05) is 52.9 Å². The molecule has 1 saturated carbocycles. The van der Waals surface area contributed by atoms with Crippen LogP contribution in [0.25, 0.3) is 0 Å². The molecule has 0 unspecified atom stereocenters. The summed E-state index contributed by atoms with van der Waals surface area (Å²) in [6.45, 7) is 4.85. The first-order valence-corrected chi connectivity index (χ1v) is 6.83. The van der Waals surface area contributed by atoms with E-state index in [0.717, 1.165) is 25.2 Å². The van der Waals surface area contributed by atoms with E-state index in [2.05, 4.69) is 6.92 Å². The predicted molar refractivity (Wildman–Crippen MR) is 64.8 cm³/mol. The van der Waals surface area contributed by atoms with Gasteiger partial charge in [-0.25, -0.2) is 0 Å². The molecule has 0 N–H and O–H groups in total. The van der Waals surface area contributed by atoms with Crippen molar-refractivity contribution in [1.82, 2.24) is 0 Å². The van der Waals surface area contributed by atoms with Gasteiger partial charge in [0.2, 0.25) is 0 Å². The lowest BCUT2D eigenvalue weighted by Gasteiger charge is -2.32. The van der Waals surface area contributed by atoms with Crippen LogP contribution < -0.4 is 0 Å². The third kappa shape index (κ3) is 4.18. The maximum Gasteiger partial charge on any atom is 0.393 e. The number of alkyl halides is 3. The fraction of sp³-hybridized carbons (Fsp3) is 1.00. The lowest BCUT2D eigenvalue weighted by atomic mass is 9.76. The zero-order valence-electron chi connectivity index (χ0n) is 11.2. The summed E-state index contributed by atoms with van der Waals surface area (Å²) < 4.78 is 38.1. The second-order valence-electron chi connectivity index (χ2n) is 6.22. The maximum atomic E-state index is 12.7. The Morgan fingerprint density at radius 2 is 1.41 bits per heavy atom. The first kappa shape index (κ1) is 14.8. The lowest BCUT2D eigenvalue weighted by molar-refractivity contribution is -0.214. The molecule has 0 aromatic rings. The van der Waals surface area contributed by atoms with E-state index in [0.29, 0.717) is 5.92 Å². The van der Waals surface area contributed by atoms with Crippen LogP contribution in [0.5, 0.6) is 0 Å². The standard InChI is InChI=1S/C14H25F3/c1-4-11-5-7-12(8-6-11)9-10-13(2,3)14(15,16)17/h11-12H,4-10H2,1-3H3. The van der Waals surface area contributed by atoms with Crippen molar-refractivity contribution in [3.8, 4) is 0 Å². The summed E-state index contributed by atoms with van der Waals surface area (Å²) in [7, 11) is 0. The van der Waals surface area contributed by atoms with Crippen LogP contribution in [0, 0.1) is 17.3 Å². The van der Waals surface area contributed by atoms with Gasteiger partial charge in [0.05, 0.1) is 5.41 Å². The summed E-state index contributed by atoms with van der Waals surface area (Å²) in [4.78, 5) is 0. The van der Waals surface area contributed by atoms with Crippen molar-refractivity contribution in [2.24, 2.45) is 17.3 Å². The molecule has 0 aromatic carbocycles. The summed E-state index contributed by atoms with van der Waals surface area (Å²) in [5.74, 6) is 1.35. The maximum absolute atomic E-state index is 12.7. The van der Waals surface area contributed by atoms with Crippen LogP contribution in [0.1, 0.15) is 65.7 Å². The molecular weight excluding hydrogens is 225 g/mol. The molecule has 0 aromatic heterocycles. The topological polar surface area (TPSA) is 0 Å². The Balaban J connectivity index is 2.33. The smallest absolute Gasteiger partial charge is 0.171 e. The molecule has 1 fully saturated rings. The van der Waals surface area contributed by atoms with Gasteiger partial charge in [-0.2, -0.15) is 13.2 Å². The van der Waals surface area contributed by atoms with Crippen molar-refractivity contribution in [1.29, 1.82) is 0 Å². The molecule has 0 bridgehead atoms. The van der Waals surface area contributed by atoms with Crippen molar-refractivity contribution in [3.05, 3.63) is 0 Å². The van der Waals surface area contributed by atoms with Crippen molar-refractivity contribution < 1.29 is 13.2 Å². The van der Waals surface area contributed by atoms with Crippen LogP contribution >= 0.6 is 0 Å². The predicted octanol–water partition coefficient (Wildman–Crippen LogP) is 5.57. The monoisotopic (exact) mass is 250 g/mol. The third-order valence-electron chi connectivity index (χ3n) is 4.49. The highest BCUT2D eigenvalue weighted by molar-refractivity contribution is 4.80. The van der Waals surface area contributed by atoms with Crippen molar-refractivity contribution >= 4 is 0 Å². The Kier molecular flexibility index (Phi) is 4.91. The molecule has 1 rings (SSSR count). The SMILES string of the molecule is CCC1CCC(CCC(C)(C)C(F)(F)F)CC1. The molecule has 1 aliphatic rings. The minimum atomic E-state index is -4.06. The van der Waals surface area contributed by atoms with E-state index in [1.807, 2.05) is 0 Å². The molecule has 0 atom stereocenters. The van der Waals surface area contributed by atoms with E-state index in [1.54, 1.807) is 0 Å². The van der Waals surface area contributed by atoms with E-state index in [1.165, 1.54) is 33.1 Å². The van der Waals surface area contributed by atoms with Gasteiger partial charge in [-0.05, 0) is 24.7 Å². The van der Waals surface area contributed by atoms with E-state index in [-0.39, 0.29) is 6.42 Å². The first-order chi connectivity index (χ1) is 7.76. The fourth-order valence-electron chi connectivity index (χ4n) is 2.64. The summed E-state index contributed by atoms with van der Waals surface area (Å²) in [5.41, 5.74) is -1.52. The molecule has 102 valence electrons. The second-order valence-corrected chi connectivity index (χ2v) is 6.22. The summed E-state index contributed by atoms with van der Waals surface area (Å²) in [5, 5.41) is 0. The Bertz CT molecular complexity index is 222. The van der Waals surface area contributed by atoms with Crippen molar-refractivity contribution in [3.63, 3.8) is 0 Å². The molecule has 0 nitrogen and oxygen atoms in total. The van der Waals surface area contributed by atoms with Gasteiger partial charge in [0.25, 0.3) is 0 Å². The zero-order valence-corrected chi connectivity index (χ0v) is 11.2. The van der Waals surface area contributed by atoms with E-state index in [4.69, 9.17) is 0 Å². The minimum absolute atomic E-state index is 0.276. The van der Waals surface area contributed by atoms with Gasteiger partial charge in [0, 0.05) is 0 Å². The van der Waals surface area contributed by atoms with Gasteiger partial charge in [-0.3, -0.25) is 0 Å². The van der Waals surface area contributed by atoms with Crippen LogP contribution in [-0.2, 0) is 0 Å². The Morgan fingerprint density at radius 3 is 1.82 bits per heavy atom.